The van der Waals surface area contributed by atoms with Gasteiger partial charge in [0.15, 0.2) is 5.15 Å². The molecule has 0 saturated heterocycles. The fraction of sp³-hybridized carbons (Fsp3) is 0.667. The first-order valence-electron chi connectivity index (χ1n) is 7.52. The molecule has 0 saturated carbocycles. The molecule has 0 aliphatic carbocycles. The van der Waals surface area contributed by atoms with Crippen LogP contribution in [0.25, 0.3) is 0 Å². The second-order valence-corrected chi connectivity index (χ2v) is 6.18. The summed E-state index contributed by atoms with van der Waals surface area (Å²) in [6, 6.07) is -0.933. The van der Waals surface area contributed by atoms with E-state index in [4.69, 9.17) is 11.6 Å². The summed E-state index contributed by atoms with van der Waals surface area (Å²) in [6.45, 7) is 5.88. The third kappa shape index (κ3) is 4.73. The van der Waals surface area contributed by atoms with E-state index in [9.17, 15) is 14.7 Å². The zero-order valence-corrected chi connectivity index (χ0v) is 14.3. The van der Waals surface area contributed by atoms with E-state index in [1.807, 2.05) is 13.8 Å². The Morgan fingerprint density at radius 3 is 2.55 bits per heavy atom. The molecule has 0 fully saturated rings. The monoisotopic (exact) mass is 329 g/mol. The second-order valence-electron chi connectivity index (χ2n) is 5.82. The first-order valence-corrected chi connectivity index (χ1v) is 7.90. The van der Waals surface area contributed by atoms with Crippen LogP contribution in [0.15, 0.2) is 0 Å². The van der Waals surface area contributed by atoms with Crippen LogP contribution in [0.2, 0.25) is 5.15 Å². The van der Waals surface area contributed by atoms with Crippen molar-refractivity contribution in [3.8, 4) is 0 Å². The van der Waals surface area contributed by atoms with Crippen LogP contribution in [0.1, 0.15) is 56.3 Å². The lowest BCUT2D eigenvalue weighted by Crippen LogP contribution is -2.42. The molecular weight excluding hydrogens is 306 g/mol. The van der Waals surface area contributed by atoms with Crippen molar-refractivity contribution in [2.75, 3.05) is 0 Å². The van der Waals surface area contributed by atoms with E-state index in [2.05, 4.69) is 17.2 Å². The van der Waals surface area contributed by atoms with Crippen molar-refractivity contribution < 1.29 is 14.7 Å². The van der Waals surface area contributed by atoms with E-state index in [0.717, 1.165) is 25.1 Å². The maximum Gasteiger partial charge on any atom is 0.326 e. The first-order chi connectivity index (χ1) is 10.3. The minimum Gasteiger partial charge on any atom is -0.480 e. The Morgan fingerprint density at radius 1 is 1.41 bits per heavy atom. The zero-order valence-electron chi connectivity index (χ0n) is 13.5. The minimum atomic E-state index is -1.05. The predicted octanol–water partition coefficient (Wildman–Crippen LogP) is 2.65. The summed E-state index contributed by atoms with van der Waals surface area (Å²) in [5.74, 6) is -0.668. The van der Waals surface area contributed by atoms with Crippen molar-refractivity contribution in [3.63, 3.8) is 0 Å². The lowest BCUT2D eigenvalue weighted by Gasteiger charge is -2.16. The quantitative estimate of drug-likeness (QED) is 0.768. The van der Waals surface area contributed by atoms with Crippen LogP contribution in [0.3, 0.4) is 0 Å². The average molecular weight is 330 g/mol. The van der Waals surface area contributed by atoms with Gasteiger partial charge in [0.1, 0.15) is 17.6 Å². The highest BCUT2D eigenvalue weighted by atomic mass is 35.5. The van der Waals surface area contributed by atoms with Gasteiger partial charge in [-0.3, -0.25) is 4.79 Å². The summed E-state index contributed by atoms with van der Waals surface area (Å²) in [7, 11) is 1.72. The predicted molar refractivity (Wildman–Crippen MR) is 85.2 cm³/mol. The summed E-state index contributed by atoms with van der Waals surface area (Å²) < 4.78 is 1.64. The van der Waals surface area contributed by atoms with E-state index in [-0.39, 0.29) is 16.8 Å². The highest BCUT2D eigenvalue weighted by Gasteiger charge is 2.26. The van der Waals surface area contributed by atoms with Crippen LogP contribution < -0.4 is 5.32 Å². The Labute approximate surface area is 135 Å². The Bertz CT molecular complexity index is 540. The van der Waals surface area contributed by atoms with Crippen LogP contribution in [0, 0.1) is 5.92 Å². The summed E-state index contributed by atoms with van der Waals surface area (Å²) >= 11 is 6.05. The fourth-order valence-corrected chi connectivity index (χ4v) is 2.54. The maximum absolute atomic E-state index is 12.4. The number of carboxylic acid groups (broad SMARTS) is 1. The Morgan fingerprint density at radius 2 is 2.05 bits per heavy atom. The third-order valence-corrected chi connectivity index (χ3v) is 3.69. The Balaban J connectivity index is 2.92. The number of aryl methyl sites for hydroxylation is 1. The third-order valence-electron chi connectivity index (χ3n) is 3.42. The van der Waals surface area contributed by atoms with E-state index < -0.39 is 17.9 Å². The molecular formula is C15H24ClN3O3. The van der Waals surface area contributed by atoms with Gasteiger partial charge in [0.2, 0.25) is 0 Å². The SMILES string of the molecule is CCCCc1nc(Cl)c(C(=O)N[C@@H](CC(C)C)C(=O)O)n1C. The van der Waals surface area contributed by atoms with Crippen molar-refractivity contribution in [1.82, 2.24) is 14.9 Å². The van der Waals surface area contributed by atoms with Gasteiger partial charge in [-0.2, -0.15) is 0 Å². The maximum atomic E-state index is 12.4. The number of amides is 1. The second kappa shape index (κ2) is 8.17. The van der Waals surface area contributed by atoms with E-state index in [1.54, 1.807) is 11.6 Å². The van der Waals surface area contributed by atoms with Crippen molar-refractivity contribution in [3.05, 3.63) is 16.7 Å². The number of halogens is 1. The normalized spacial score (nSPS) is 12.5. The van der Waals surface area contributed by atoms with E-state index >= 15 is 0 Å². The van der Waals surface area contributed by atoms with Gasteiger partial charge in [-0.1, -0.05) is 38.8 Å². The molecule has 0 aromatic carbocycles. The van der Waals surface area contributed by atoms with Gasteiger partial charge in [-0.25, -0.2) is 9.78 Å². The summed E-state index contributed by atoms with van der Waals surface area (Å²) in [5, 5.41) is 11.9. The Hall–Kier alpha value is -1.56. The van der Waals surface area contributed by atoms with Gasteiger partial charge in [-0.05, 0) is 18.8 Å². The van der Waals surface area contributed by atoms with Gasteiger partial charge < -0.3 is 15.0 Å². The molecule has 1 aromatic heterocycles. The molecule has 124 valence electrons. The van der Waals surface area contributed by atoms with Crippen LogP contribution in [0.4, 0.5) is 0 Å². The number of carboxylic acids is 1. The smallest absolute Gasteiger partial charge is 0.326 e. The fourth-order valence-electron chi connectivity index (χ4n) is 2.23. The van der Waals surface area contributed by atoms with Crippen molar-refractivity contribution in [1.29, 1.82) is 0 Å². The lowest BCUT2D eigenvalue weighted by atomic mass is 10.0. The minimum absolute atomic E-state index is 0.111. The molecule has 1 rings (SSSR count). The zero-order chi connectivity index (χ0) is 16.9. The summed E-state index contributed by atoms with van der Waals surface area (Å²) in [4.78, 5) is 27.8. The summed E-state index contributed by atoms with van der Waals surface area (Å²) in [6.07, 6.45) is 3.06. The number of unbranched alkanes of at least 4 members (excludes halogenated alkanes) is 1. The number of carbonyl (C=O) groups excluding carboxylic acids is 1. The number of aromatic nitrogens is 2. The molecule has 1 atom stereocenters. The van der Waals surface area contributed by atoms with Gasteiger partial charge in [0, 0.05) is 13.5 Å². The largest absolute Gasteiger partial charge is 0.480 e. The van der Waals surface area contributed by atoms with Crippen molar-refractivity contribution in [2.24, 2.45) is 13.0 Å². The van der Waals surface area contributed by atoms with Gasteiger partial charge in [0.05, 0.1) is 0 Å². The molecule has 1 heterocycles. The number of nitrogens with zero attached hydrogens (tertiary/aromatic N) is 2. The first kappa shape index (κ1) is 18.5. The van der Waals surface area contributed by atoms with Crippen molar-refractivity contribution in [2.45, 2.75) is 52.5 Å². The molecule has 2 N–H and O–H groups in total. The average Bonchev–Trinajstić information content (AvgIpc) is 2.69. The van der Waals surface area contributed by atoms with Crippen LogP contribution in [-0.2, 0) is 18.3 Å². The molecule has 22 heavy (non-hydrogen) atoms. The number of hydrogen-bond donors (Lipinski definition) is 2. The molecule has 0 aliphatic rings. The summed E-state index contributed by atoms with van der Waals surface area (Å²) in [5.41, 5.74) is 0.211. The number of hydrogen-bond acceptors (Lipinski definition) is 3. The molecule has 0 bridgehead atoms. The standard InChI is InChI=1S/C15H24ClN3O3/c1-5-6-7-11-18-13(16)12(19(11)4)14(20)17-10(15(21)22)8-9(2)3/h9-10H,5-8H2,1-4H3,(H,17,20)(H,21,22)/t10-/m0/s1. The Kier molecular flexibility index (Phi) is 6.87. The number of aliphatic carboxylic acids is 1. The van der Waals surface area contributed by atoms with Crippen molar-refractivity contribution >= 4 is 23.5 Å². The van der Waals surface area contributed by atoms with Crippen LogP contribution >= 0.6 is 11.6 Å². The highest BCUT2D eigenvalue weighted by Crippen LogP contribution is 2.18. The molecule has 0 aliphatic heterocycles. The van der Waals surface area contributed by atoms with Gasteiger partial charge in [0.25, 0.3) is 5.91 Å². The lowest BCUT2D eigenvalue weighted by molar-refractivity contribution is -0.139. The topological polar surface area (TPSA) is 84.2 Å². The number of nitrogens with one attached hydrogen (secondary N) is 1. The van der Waals surface area contributed by atoms with E-state index in [1.165, 1.54) is 0 Å². The number of carbonyl (C=O) groups is 2. The molecule has 7 heteroatoms. The van der Waals surface area contributed by atoms with Crippen LogP contribution in [-0.4, -0.2) is 32.6 Å². The number of rotatable bonds is 8. The molecule has 1 amide bonds. The van der Waals surface area contributed by atoms with Crippen LogP contribution in [0.5, 0.6) is 0 Å². The molecule has 0 radical (unpaired) electrons. The van der Waals surface area contributed by atoms with Gasteiger partial charge in [-0.15, -0.1) is 0 Å². The highest BCUT2D eigenvalue weighted by molar-refractivity contribution is 6.32. The van der Waals surface area contributed by atoms with E-state index in [0.29, 0.717) is 6.42 Å². The molecule has 1 aromatic rings. The van der Waals surface area contributed by atoms with Gasteiger partial charge >= 0.3 is 5.97 Å². The molecule has 0 unspecified atom stereocenters. The number of imidazole rings is 1. The molecule has 6 nitrogen and oxygen atoms in total. The molecule has 0 spiro atoms.